The van der Waals surface area contributed by atoms with Crippen LogP contribution in [-0.4, -0.2) is 5.11 Å². The highest BCUT2D eigenvalue weighted by Gasteiger charge is 1.93. The van der Waals surface area contributed by atoms with E-state index in [0.29, 0.717) is 5.76 Å². The zero-order valence-corrected chi connectivity index (χ0v) is 5.10. The monoisotopic (exact) mass is 100 g/mol. The molecule has 0 heterocycles. The van der Waals surface area contributed by atoms with Crippen molar-refractivity contribution in [1.29, 1.82) is 0 Å². The Morgan fingerprint density at radius 2 is 2.00 bits per heavy atom. The van der Waals surface area contributed by atoms with Crippen molar-refractivity contribution in [2.75, 3.05) is 0 Å². The van der Waals surface area contributed by atoms with Crippen LogP contribution in [0.3, 0.4) is 0 Å². The molecule has 0 saturated heterocycles. The first-order valence-electron chi connectivity index (χ1n) is 2.53. The number of hydrogen-bond acceptors (Lipinski definition) is 1. The largest absolute Gasteiger partial charge is 0.512 e. The quantitative estimate of drug-likeness (QED) is 0.500. The molecule has 0 aliphatic carbocycles. The molecule has 0 aromatic carbocycles. The van der Waals surface area contributed by atoms with Gasteiger partial charge in [-0.3, -0.25) is 0 Å². The Kier molecular flexibility index (Phi) is 2.49. The number of aliphatic hydroxyl groups excluding tert-OH is 1. The highest BCUT2D eigenvalue weighted by molar-refractivity contribution is 4.90. The van der Waals surface area contributed by atoms with Crippen molar-refractivity contribution in [3.05, 3.63) is 11.8 Å². The Labute approximate surface area is 44.7 Å². The average molecular weight is 100 g/mol. The third-order valence-electron chi connectivity index (χ3n) is 0.887. The maximum atomic E-state index is 8.80. The van der Waals surface area contributed by atoms with Crippen LogP contribution in [0.15, 0.2) is 11.8 Å². The summed E-state index contributed by atoms with van der Waals surface area (Å²) in [7, 11) is 0. The Morgan fingerprint density at radius 3 is 2.00 bits per heavy atom. The molecule has 0 bridgehead atoms. The van der Waals surface area contributed by atoms with Crippen LogP contribution in [0.1, 0.15) is 20.8 Å². The first-order chi connectivity index (χ1) is 3.18. The standard InChI is InChI=1S/C6H12O/c1-4-6(7)5(2)3/h4-5,7H,1-3H3/b6-4-. The highest BCUT2D eigenvalue weighted by Crippen LogP contribution is 2.02. The molecule has 0 amide bonds. The summed E-state index contributed by atoms with van der Waals surface area (Å²) in [6.45, 7) is 5.74. The zero-order valence-electron chi connectivity index (χ0n) is 5.10. The lowest BCUT2D eigenvalue weighted by Crippen LogP contribution is -1.89. The second kappa shape index (κ2) is 2.67. The lowest BCUT2D eigenvalue weighted by Gasteiger charge is -1.98. The molecule has 0 spiro atoms. The normalized spacial score (nSPS) is 12.9. The van der Waals surface area contributed by atoms with Crippen molar-refractivity contribution in [2.24, 2.45) is 5.92 Å². The summed E-state index contributed by atoms with van der Waals surface area (Å²) in [5.74, 6) is 0.755. The molecule has 0 radical (unpaired) electrons. The van der Waals surface area contributed by atoms with Crippen molar-refractivity contribution in [2.45, 2.75) is 20.8 Å². The molecule has 0 atom stereocenters. The van der Waals surface area contributed by atoms with Gasteiger partial charge in [-0.15, -0.1) is 0 Å². The van der Waals surface area contributed by atoms with Gasteiger partial charge in [0.05, 0.1) is 5.76 Å². The summed E-state index contributed by atoms with van der Waals surface area (Å²) < 4.78 is 0. The Bertz CT molecular complexity index is 72.2. The first-order valence-corrected chi connectivity index (χ1v) is 2.53. The van der Waals surface area contributed by atoms with Crippen LogP contribution in [0.5, 0.6) is 0 Å². The molecular weight excluding hydrogens is 88.1 g/mol. The average Bonchev–Trinajstić information content (AvgIpc) is 1.65. The molecule has 1 nitrogen and oxygen atoms in total. The minimum absolute atomic E-state index is 0.282. The van der Waals surface area contributed by atoms with Crippen LogP contribution >= 0.6 is 0 Å². The van der Waals surface area contributed by atoms with Crippen LogP contribution in [0.25, 0.3) is 0 Å². The minimum Gasteiger partial charge on any atom is -0.512 e. The molecule has 42 valence electrons. The van der Waals surface area contributed by atoms with E-state index < -0.39 is 0 Å². The van der Waals surface area contributed by atoms with Crippen molar-refractivity contribution >= 4 is 0 Å². The van der Waals surface area contributed by atoms with Gasteiger partial charge in [0.15, 0.2) is 0 Å². The second-order valence-electron chi connectivity index (χ2n) is 1.87. The van der Waals surface area contributed by atoms with Gasteiger partial charge in [0.25, 0.3) is 0 Å². The molecule has 0 fully saturated rings. The molecule has 0 aromatic heterocycles. The van der Waals surface area contributed by atoms with E-state index in [4.69, 9.17) is 5.11 Å². The van der Waals surface area contributed by atoms with Crippen molar-refractivity contribution in [3.63, 3.8) is 0 Å². The van der Waals surface area contributed by atoms with Gasteiger partial charge in [-0.2, -0.15) is 0 Å². The molecular formula is C6H12O. The second-order valence-corrected chi connectivity index (χ2v) is 1.87. The summed E-state index contributed by atoms with van der Waals surface area (Å²) >= 11 is 0. The fraction of sp³-hybridized carbons (Fsp3) is 0.667. The van der Waals surface area contributed by atoms with E-state index >= 15 is 0 Å². The van der Waals surface area contributed by atoms with E-state index in [1.807, 2.05) is 20.8 Å². The number of hydrogen-bond donors (Lipinski definition) is 1. The topological polar surface area (TPSA) is 20.2 Å². The van der Waals surface area contributed by atoms with Gasteiger partial charge in [-0.1, -0.05) is 13.8 Å². The van der Waals surface area contributed by atoms with E-state index in [-0.39, 0.29) is 5.92 Å². The summed E-state index contributed by atoms with van der Waals surface area (Å²) in [4.78, 5) is 0. The van der Waals surface area contributed by atoms with Crippen LogP contribution in [0.2, 0.25) is 0 Å². The lowest BCUT2D eigenvalue weighted by molar-refractivity contribution is 0.351. The molecule has 0 unspecified atom stereocenters. The summed E-state index contributed by atoms with van der Waals surface area (Å²) in [5, 5.41) is 8.80. The van der Waals surface area contributed by atoms with Crippen LogP contribution in [0, 0.1) is 5.92 Å². The van der Waals surface area contributed by atoms with Gasteiger partial charge in [-0.05, 0) is 13.0 Å². The molecule has 0 aromatic rings. The minimum atomic E-state index is 0.282. The molecule has 7 heavy (non-hydrogen) atoms. The van der Waals surface area contributed by atoms with E-state index in [1.165, 1.54) is 0 Å². The van der Waals surface area contributed by atoms with E-state index in [0.717, 1.165) is 0 Å². The van der Waals surface area contributed by atoms with Crippen LogP contribution in [0.4, 0.5) is 0 Å². The Hall–Kier alpha value is -0.460. The van der Waals surface area contributed by atoms with Gasteiger partial charge < -0.3 is 5.11 Å². The van der Waals surface area contributed by atoms with Crippen molar-refractivity contribution < 1.29 is 5.11 Å². The van der Waals surface area contributed by atoms with E-state index in [1.54, 1.807) is 6.08 Å². The smallest absolute Gasteiger partial charge is 0.0905 e. The van der Waals surface area contributed by atoms with E-state index in [9.17, 15) is 0 Å². The summed E-state index contributed by atoms with van der Waals surface area (Å²) in [6, 6.07) is 0. The molecule has 1 heteroatoms. The molecule has 0 aliphatic heterocycles. The third-order valence-corrected chi connectivity index (χ3v) is 0.887. The van der Waals surface area contributed by atoms with Gasteiger partial charge in [-0.25, -0.2) is 0 Å². The van der Waals surface area contributed by atoms with Gasteiger partial charge in [0.2, 0.25) is 0 Å². The van der Waals surface area contributed by atoms with E-state index in [2.05, 4.69) is 0 Å². The Balaban J connectivity index is 3.56. The molecule has 0 rings (SSSR count). The maximum Gasteiger partial charge on any atom is 0.0905 e. The number of aliphatic hydroxyl groups is 1. The molecule has 0 aliphatic rings. The molecule has 1 N–H and O–H groups in total. The van der Waals surface area contributed by atoms with Crippen LogP contribution in [-0.2, 0) is 0 Å². The SMILES string of the molecule is C/C=C(\O)C(C)C. The first kappa shape index (κ1) is 6.54. The summed E-state index contributed by atoms with van der Waals surface area (Å²) in [5.41, 5.74) is 0. The summed E-state index contributed by atoms with van der Waals surface area (Å²) in [6.07, 6.45) is 1.71. The third kappa shape index (κ3) is 2.26. The highest BCUT2D eigenvalue weighted by atomic mass is 16.3. The zero-order chi connectivity index (χ0) is 5.86. The number of rotatable bonds is 1. The number of allylic oxidation sites excluding steroid dienone is 2. The van der Waals surface area contributed by atoms with Crippen LogP contribution < -0.4 is 0 Å². The maximum absolute atomic E-state index is 8.80. The molecule has 0 saturated carbocycles. The van der Waals surface area contributed by atoms with Crippen molar-refractivity contribution in [1.82, 2.24) is 0 Å². The fourth-order valence-electron chi connectivity index (χ4n) is 0.333. The fourth-order valence-corrected chi connectivity index (χ4v) is 0.333. The Morgan fingerprint density at radius 1 is 1.57 bits per heavy atom. The van der Waals surface area contributed by atoms with Gasteiger partial charge in [0, 0.05) is 5.92 Å². The van der Waals surface area contributed by atoms with Gasteiger partial charge in [0.1, 0.15) is 0 Å². The predicted octanol–water partition coefficient (Wildman–Crippen LogP) is 2.10. The lowest BCUT2D eigenvalue weighted by atomic mass is 10.2. The van der Waals surface area contributed by atoms with Gasteiger partial charge >= 0.3 is 0 Å². The predicted molar refractivity (Wildman–Crippen MR) is 31.2 cm³/mol. The van der Waals surface area contributed by atoms with Crippen molar-refractivity contribution in [3.8, 4) is 0 Å².